The summed E-state index contributed by atoms with van der Waals surface area (Å²) in [5.41, 5.74) is 1.74. The van der Waals surface area contributed by atoms with Gasteiger partial charge in [0.05, 0.1) is 17.7 Å². The summed E-state index contributed by atoms with van der Waals surface area (Å²) >= 11 is 0. The van der Waals surface area contributed by atoms with Crippen LogP contribution in [0.1, 0.15) is 12.0 Å². The van der Waals surface area contributed by atoms with E-state index in [2.05, 4.69) is 4.98 Å². The molecule has 1 aromatic carbocycles. The van der Waals surface area contributed by atoms with Crippen molar-refractivity contribution >= 4 is 17.5 Å². The Morgan fingerprint density at radius 1 is 1.14 bits per heavy atom. The van der Waals surface area contributed by atoms with E-state index in [4.69, 9.17) is 0 Å². The number of aromatic amines is 1. The quantitative estimate of drug-likeness (QED) is 0.796. The number of benzene rings is 1. The van der Waals surface area contributed by atoms with Crippen molar-refractivity contribution in [1.29, 1.82) is 0 Å². The highest BCUT2D eigenvalue weighted by Gasteiger charge is 2.42. The standard InChI is InChI=1S/C16H15N3O2/c20-15-9-14(18-11-12-5-4-8-17-10-12)16(21)19(15)13-6-2-1-3-7-13/h1-8,10,14,18H,9,11H2/p+2. The number of hydrogen-bond acceptors (Lipinski definition) is 2. The SMILES string of the molecule is O=C1CC([NH2+]Cc2ccc[nH+]c2)C(=O)N1c1ccccc1. The van der Waals surface area contributed by atoms with Gasteiger partial charge in [-0.3, -0.25) is 9.59 Å². The number of rotatable bonds is 4. The average molecular weight is 283 g/mol. The van der Waals surface area contributed by atoms with E-state index in [1.807, 2.05) is 48.0 Å². The minimum absolute atomic E-state index is 0.132. The topological polar surface area (TPSA) is 68.1 Å². The van der Waals surface area contributed by atoms with Gasteiger partial charge in [0, 0.05) is 6.07 Å². The Kier molecular flexibility index (Phi) is 3.75. The highest BCUT2D eigenvalue weighted by molar-refractivity contribution is 6.21. The molecule has 1 unspecified atom stereocenters. The third-order valence-electron chi connectivity index (χ3n) is 3.61. The number of nitrogens with two attached hydrogens (primary N) is 1. The molecule has 1 fully saturated rings. The van der Waals surface area contributed by atoms with Crippen molar-refractivity contribution in [3.8, 4) is 0 Å². The average Bonchev–Trinajstić information content (AvgIpc) is 2.81. The summed E-state index contributed by atoms with van der Waals surface area (Å²) in [5.74, 6) is -0.266. The summed E-state index contributed by atoms with van der Waals surface area (Å²) in [4.78, 5) is 28.8. The number of carbonyl (C=O) groups excluding carboxylic acids is 2. The zero-order valence-electron chi connectivity index (χ0n) is 11.5. The van der Waals surface area contributed by atoms with Crippen LogP contribution in [0.4, 0.5) is 5.69 Å². The Morgan fingerprint density at radius 2 is 1.95 bits per heavy atom. The molecule has 5 nitrogen and oxygen atoms in total. The molecule has 2 heterocycles. The summed E-state index contributed by atoms with van der Waals surface area (Å²) in [5, 5.41) is 1.92. The smallest absolute Gasteiger partial charge is 0.292 e. The fraction of sp³-hybridized carbons (Fsp3) is 0.188. The predicted molar refractivity (Wildman–Crippen MR) is 76.0 cm³/mol. The predicted octanol–water partition coefficient (Wildman–Crippen LogP) is -0.104. The van der Waals surface area contributed by atoms with Crippen LogP contribution in [-0.2, 0) is 16.1 Å². The molecule has 1 aliphatic heterocycles. The first-order chi connectivity index (χ1) is 10.3. The minimum atomic E-state index is -0.335. The lowest BCUT2D eigenvalue weighted by Crippen LogP contribution is -2.90. The maximum Gasteiger partial charge on any atom is 0.292 e. The molecule has 5 heteroatoms. The van der Waals surface area contributed by atoms with Crippen molar-refractivity contribution < 1.29 is 19.9 Å². The van der Waals surface area contributed by atoms with Crippen molar-refractivity contribution in [2.24, 2.45) is 0 Å². The van der Waals surface area contributed by atoms with Gasteiger partial charge in [0.15, 0.2) is 18.4 Å². The third-order valence-corrected chi connectivity index (χ3v) is 3.61. The van der Waals surface area contributed by atoms with Gasteiger partial charge in [0.2, 0.25) is 5.91 Å². The number of amides is 2. The number of hydrogen-bond donors (Lipinski definition) is 1. The fourth-order valence-electron chi connectivity index (χ4n) is 2.52. The van der Waals surface area contributed by atoms with Crippen LogP contribution in [0.25, 0.3) is 0 Å². The van der Waals surface area contributed by atoms with Gasteiger partial charge in [-0.2, -0.15) is 0 Å². The minimum Gasteiger partial charge on any atom is -0.332 e. The lowest BCUT2D eigenvalue weighted by molar-refractivity contribution is -0.690. The molecule has 0 bridgehead atoms. The van der Waals surface area contributed by atoms with Gasteiger partial charge in [-0.1, -0.05) is 18.2 Å². The lowest BCUT2D eigenvalue weighted by atomic mass is 10.2. The number of carbonyl (C=O) groups is 2. The Labute approximate surface area is 122 Å². The first-order valence-electron chi connectivity index (χ1n) is 6.96. The van der Waals surface area contributed by atoms with Crippen LogP contribution in [0.3, 0.4) is 0 Å². The van der Waals surface area contributed by atoms with E-state index < -0.39 is 0 Å². The monoisotopic (exact) mass is 283 g/mol. The molecule has 3 rings (SSSR count). The van der Waals surface area contributed by atoms with Crippen molar-refractivity contribution in [2.45, 2.75) is 19.0 Å². The number of para-hydroxylation sites is 1. The van der Waals surface area contributed by atoms with E-state index in [1.54, 1.807) is 12.1 Å². The maximum atomic E-state index is 12.4. The molecule has 106 valence electrons. The van der Waals surface area contributed by atoms with Gasteiger partial charge in [0.1, 0.15) is 6.54 Å². The molecule has 1 saturated heterocycles. The Morgan fingerprint density at radius 3 is 2.67 bits per heavy atom. The molecule has 0 aliphatic carbocycles. The summed E-state index contributed by atoms with van der Waals surface area (Å²) in [6, 6.07) is 12.7. The molecule has 3 N–H and O–H groups in total. The summed E-state index contributed by atoms with van der Waals surface area (Å²) in [6.45, 7) is 0.670. The first kappa shape index (κ1) is 13.5. The van der Waals surface area contributed by atoms with Gasteiger partial charge in [-0.15, -0.1) is 0 Å². The number of pyridine rings is 1. The zero-order chi connectivity index (χ0) is 14.7. The molecule has 0 spiro atoms. The molecular weight excluding hydrogens is 266 g/mol. The Hall–Kier alpha value is -2.53. The second-order valence-corrected chi connectivity index (χ2v) is 5.07. The van der Waals surface area contributed by atoms with Gasteiger partial charge < -0.3 is 5.32 Å². The van der Waals surface area contributed by atoms with E-state index in [9.17, 15) is 9.59 Å². The fourth-order valence-corrected chi connectivity index (χ4v) is 2.52. The molecule has 1 atom stereocenters. The van der Waals surface area contributed by atoms with E-state index in [-0.39, 0.29) is 24.3 Å². The van der Waals surface area contributed by atoms with Gasteiger partial charge in [-0.05, 0) is 18.2 Å². The van der Waals surface area contributed by atoms with Gasteiger partial charge in [0.25, 0.3) is 5.91 Å². The van der Waals surface area contributed by atoms with Crippen LogP contribution in [0, 0.1) is 0 Å². The zero-order valence-corrected chi connectivity index (χ0v) is 11.5. The first-order valence-corrected chi connectivity index (χ1v) is 6.96. The molecule has 0 saturated carbocycles. The molecule has 1 aromatic heterocycles. The lowest BCUT2D eigenvalue weighted by Gasteiger charge is -2.13. The number of nitrogens with zero attached hydrogens (tertiary/aromatic N) is 1. The highest BCUT2D eigenvalue weighted by Crippen LogP contribution is 2.20. The highest BCUT2D eigenvalue weighted by atomic mass is 16.2. The summed E-state index contributed by atoms with van der Waals surface area (Å²) in [6.07, 6.45) is 3.99. The Balaban J connectivity index is 1.69. The van der Waals surface area contributed by atoms with Crippen LogP contribution in [0.5, 0.6) is 0 Å². The summed E-state index contributed by atoms with van der Waals surface area (Å²) < 4.78 is 0. The van der Waals surface area contributed by atoms with Crippen molar-refractivity contribution in [3.63, 3.8) is 0 Å². The van der Waals surface area contributed by atoms with Gasteiger partial charge >= 0.3 is 0 Å². The number of anilines is 1. The van der Waals surface area contributed by atoms with E-state index in [0.717, 1.165) is 5.56 Å². The van der Waals surface area contributed by atoms with Gasteiger partial charge in [-0.25, -0.2) is 9.88 Å². The largest absolute Gasteiger partial charge is 0.332 e. The normalized spacial score (nSPS) is 18.3. The number of imide groups is 1. The summed E-state index contributed by atoms with van der Waals surface area (Å²) in [7, 11) is 0. The molecule has 0 radical (unpaired) electrons. The Bertz CT molecular complexity index is 643. The number of quaternary nitrogens is 1. The van der Waals surface area contributed by atoms with Crippen LogP contribution in [-0.4, -0.2) is 17.9 Å². The molecule has 2 aromatic rings. The molecule has 21 heavy (non-hydrogen) atoms. The molecule has 2 amide bonds. The van der Waals surface area contributed by atoms with Crippen LogP contribution in [0.15, 0.2) is 54.9 Å². The second-order valence-electron chi connectivity index (χ2n) is 5.07. The van der Waals surface area contributed by atoms with E-state index in [1.165, 1.54) is 4.90 Å². The van der Waals surface area contributed by atoms with Crippen LogP contribution < -0.4 is 15.2 Å². The third kappa shape index (κ3) is 2.83. The number of nitrogens with one attached hydrogen (secondary N) is 1. The van der Waals surface area contributed by atoms with E-state index in [0.29, 0.717) is 12.2 Å². The van der Waals surface area contributed by atoms with Crippen LogP contribution >= 0.6 is 0 Å². The molecule has 1 aliphatic rings. The van der Waals surface area contributed by atoms with Crippen molar-refractivity contribution in [2.75, 3.05) is 4.90 Å². The maximum absolute atomic E-state index is 12.4. The van der Waals surface area contributed by atoms with Crippen molar-refractivity contribution in [1.82, 2.24) is 0 Å². The van der Waals surface area contributed by atoms with E-state index >= 15 is 0 Å². The number of aromatic nitrogens is 1. The number of H-pyrrole nitrogens is 1. The van der Waals surface area contributed by atoms with Crippen molar-refractivity contribution in [3.05, 3.63) is 60.4 Å². The van der Waals surface area contributed by atoms with Crippen LogP contribution in [0.2, 0.25) is 0 Å². The molecular formula is C16H17N3O2+2. The second kappa shape index (κ2) is 5.85.